The molecule has 0 aliphatic rings. The molecule has 0 saturated carbocycles. The van der Waals surface area contributed by atoms with Gasteiger partial charge in [-0.15, -0.1) is 0 Å². The average molecular weight is 401 g/mol. The standard InChI is InChI=1S/C19H18F3N7/c1-4-12-10-13(8-9-23-12)25-18-28-16(27-17(29-18)24-11(2)3)14-6-5-7-15(26-14)19(20,21)22/h4-11H,1H2,2-3H3,(H2,23,24,25,27,28,29). The van der Waals surface area contributed by atoms with E-state index in [9.17, 15) is 13.2 Å². The summed E-state index contributed by atoms with van der Waals surface area (Å²) in [7, 11) is 0. The molecule has 0 bridgehead atoms. The number of aromatic nitrogens is 5. The van der Waals surface area contributed by atoms with Crippen molar-refractivity contribution < 1.29 is 13.2 Å². The Bertz CT molecular complexity index is 1020. The molecule has 0 fully saturated rings. The van der Waals surface area contributed by atoms with Crippen molar-refractivity contribution in [3.8, 4) is 11.5 Å². The first-order valence-corrected chi connectivity index (χ1v) is 8.67. The maximum Gasteiger partial charge on any atom is 0.433 e. The Kier molecular flexibility index (Phi) is 5.71. The molecular formula is C19H18F3N7. The number of pyridine rings is 2. The van der Waals surface area contributed by atoms with Crippen LogP contribution in [0.1, 0.15) is 25.2 Å². The van der Waals surface area contributed by atoms with E-state index >= 15 is 0 Å². The van der Waals surface area contributed by atoms with E-state index in [4.69, 9.17) is 0 Å². The molecular weight excluding hydrogens is 383 g/mol. The third-order valence-corrected chi connectivity index (χ3v) is 3.57. The van der Waals surface area contributed by atoms with Gasteiger partial charge in [0.2, 0.25) is 11.9 Å². The number of hydrogen-bond acceptors (Lipinski definition) is 7. The van der Waals surface area contributed by atoms with Gasteiger partial charge in [0.1, 0.15) is 11.4 Å². The van der Waals surface area contributed by atoms with Gasteiger partial charge in [-0.25, -0.2) is 4.98 Å². The van der Waals surface area contributed by atoms with Crippen molar-refractivity contribution in [1.29, 1.82) is 0 Å². The molecule has 3 aromatic heterocycles. The number of hydrogen-bond donors (Lipinski definition) is 2. The molecule has 0 amide bonds. The first kappa shape index (κ1) is 20.2. The van der Waals surface area contributed by atoms with Crippen LogP contribution in [-0.4, -0.2) is 31.0 Å². The molecule has 29 heavy (non-hydrogen) atoms. The molecule has 0 saturated heterocycles. The van der Waals surface area contributed by atoms with Gasteiger partial charge in [0.25, 0.3) is 0 Å². The van der Waals surface area contributed by atoms with Gasteiger partial charge in [0, 0.05) is 17.9 Å². The zero-order valence-electron chi connectivity index (χ0n) is 15.7. The zero-order valence-corrected chi connectivity index (χ0v) is 15.7. The van der Waals surface area contributed by atoms with Gasteiger partial charge in [-0.3, -0.25) is 4.98 Å². The summed E-state index contributed by atoms with van der Waals surface area (Å²) >= 11 is 0. The molecule has 0 unspecified atom stereocenters. The van der Waals surface area contributed by atoms with Crippen molar-refractivity contribution in [2.75, 3.05) is 10.6 Å². The highest BCUT2D eigenvalue weighted by Crippen LogP contribution is 2.29. The van der Waals surface area contributed by atoms with Crippen molar-refractivity contribution >= 4 is 23.7 Å². The number of halogens is 3. The van der Waals surface area contributed by atoms with E-state index in [2.05, 4.69) is 42.1 Å². The maximum atomic E-state index is 13.0. The molecule has 150 valence electrons. The fourth-order valence-electron chi connectivity index (χ4n) is 2.35. The third-order valence-electron chi connectivity index (χ3n) is 3.57. The van der Waals surface area contributed by atoms with E-state index in [-0.39, 0.29) is 29.5 Å². The van der Waals surface area contributed by atoms with Crippen LogP contribution in [0.2, 0.25) is 0 Å². The van der Waals surface area contributed by atoms with Gasteiger partial charge < -0.3 is 10.6 Å². The molecule has 2 N–H and O–H groups in total. The average Bonchev–Trinajstić information content (AvgIpc) is 2.67. The van der Waals surface area contributed by atoms with Gasteiger partial charge in [0.15, 0.2) is 5.82 Å². The summed E-state index contributed by atoms with van der Waals surface area (Å²) in [6.07, 6.45) is -1.40. The summed E-state index contributed by atoms with van der Waals surface area (Å²) < 4.78 is 39.1. The van der Waals surface area contributed by atoms with Crippen molar-refractivity contribution in [2.45, 2.75) is 26.1 Å². The SMILES string of the molecule is C=Cc1cc(Nc2nc(NC(C)C)nc(-c3cccc(C(F)(F)F)n3)n2)ccn1. The van der Waals surface area contributed by atoms with Crippen LogP contribution in [0.25, 0.3) is 17.6 Å². The number of anilines is 3. The van der Waals surface area contributed by atoms with Crippen LogP contribution in [0.15, 0.2) is 43.1 Å². The normalized spacial score (nSPS) is 11.4. The van der Waals surface area contributed by atoms with Crippen LogP contribution in [0.4, 0.5) is 30.8 Å². The molecule has 0 radical (unpaired) electrons. The molecule has 0 aliphatic carbocycles. The second kappa shape index (κ2) is 8.21. The summed E-state index contributed by atoms with van der Waals surface area (Å²) in [6.45, 7) is 7.44. The lowest BCUT2D eigenvalue weighted by Crippen LogP contribution is -2.15. The minimum atomic E-state index is -4.57. The second-order valence-electron chi connectivity index (χ2n) is 6.31. The van der Waals surface area contributed by atoms with Gasteiger partial charge in [0.05, 0.1) is 5.69 Å². The van der Waals surface area contributed by atoms with Crippen LogP contribution in [0.3, 0.4) is 0 Å². The van der Waals surface area contributed by atoms with Crippen molar-refractivity contribution in [2.24, 2.45) is 0 Å². The van der Waals surface area contributed by atoms with Crippen LogP contribution in [0.5, 0.6) is 0 Å². The Labute approximate surface area is 165 Å². The Morgan fingerprint density at radius 3 is 2.48 bits per heavy atom. The minimum absolute atomic E-state index is 0.000798. The van der Waals surface area contributed by atoms with Crippen molar-refractivity contribution in [3.63, 3.8) is 0 Å². The van der Waals surface area contributed by atoms with Gasteiger partial charge in [-0.1, -0.05) is 12.6 Å². The van der Waals surface area contributed by atoms with Gasteiger partial charge in [-0.2, -0.15) is 28.1 Å². The van der Waals surface area contributed by atoms with Crippen LogP contribution in [0, 0.1) is 0 Å². The molecule has 3 heterocycles. The van der Waals surface area contributed by atoms with E-state index in [0.717, 1.165) is 6.07 Å². The van der Waals surface area contributed by atoms with Gasteiger partial charge in [-0.05, 0) is 44.2 Å². The molecule has 3 rings (SSSR count). The van der Waals surface area contributed by atoms with Crippen molar-refractivity contribution in [1.82, 2.24) is 24.9 Å². The Morgan fingerprint density at radius 2 is 1.79 bits per heavy atom. The van der Waals surface area contributed by atoms with E-state index in [0.29, 0.717) is 11.4 Å². The summed E-state index contributed by atoms with van der Waals surface area (Å²) in [5, 5.41) is 6.04. The molecule has 0 atom stereocenters. The van der Waals surface area contributed by atoms with Crippen LogP contribution >= 0.6 is 0 Å². The Balaban J connectivity index is 2.03. The molecule has 0 aromatic carbocycles. The number of alkyl halides is 3. The maximum absolute atomic E-state index is 13.0. The van der Waals surface area contributed by atoms with E-state index in [1.165, 1.54) is 12.1 Å². The highest BCUT2D eigenvalue weighted by molar-refractivity contribution is 5.61. The Morgan fingerprint density at radius 1 is 1.03 bits per heavy atom. The van der Waals surface area contributed by atoms with Crippen LogP contribution in [-0.2, 0) is 6.18 Å². The van der Waals surface area contributed by atoms with Gasteiger partial charge >= 0.3 is 6.18 Å². The lowest BCUT2D eigenvalue weighted by molar-refractivity contribution is -0.141. The third kappa shape index (κ3) is 5.24. The van der Waals surface area contributed by atoms with E-state index < -0.39 is 11.9 Å². The van der Waals surface area contributed by atoms with E-state index in [1.54, 1.807) is 24.4 Å². The predicted octanol–water partition coefficient (Wildman–Crippen LogP) is 4.55. The highest BCUT2D eigenvalue weighted by atomic mass is 19.4. The summed E-state index contributed by atoms with van der Waals surface area (Å²) in [6, 6.07) is 7.00. The number of nitrogens with one attached hydrogen (secondary N) is 2. The summed E-state index contributed by atoms with van der Waals surface area (Å²) in [5.41, 5.74) is 0.246. The van der Waals surface area contributed by atoms with Crippen molar-refractivity contribution in [3.05, 3.63) is 54.5 Å². The number of rotatable bonds is 6. The summed E-state index contributed by atoms with van der Waals surface area (Å²) in [4.78, 5) is 20.5. The molecule has 0 aliphatic heterocycles. The highest BCUT2D eigenvalue weighted by Gasteiger charge is 2.32. The molecule has 10 heteroatoms. The summed E-state index contributed by atoms with van der Waals surface area (Å²) in [5.74, 6) is 0.373. The first-order valence-electron chi connectivity index (χ1n) is 8.67. The molecule has 7 nitrogen and oxygen atoms in total. The molecule has 0 spiro atoms. The smallest absolute Gasteiger partial charge is 0.352 e. The molecule has 3 aromatic rings. The fourth-order valence-corrected chi connectivity index (χ4v) is 2.35. The zero-order chi connectivity index (χ0) is 21.0. The second-order valence-corrected chi connectivity index (χ2v) is 6.31. The first-order chi connectivity index (χ1) is 13.7. The predicted molar refractivity (Wildman–Crippen MR) is 104 cm³/mol. The van der Waals surface area contributed by atoms with Crippen LogP contribution < -0.4 is 10.6 Å². The lowest BCUT2D eigenvalue weighted by Gasteiger charge is -2.13. The monoisotopic (exact) mass is 401 g/mol. The van der Waals surface area contributed by atoms with E-state index in [1.807, 2.05) is 13.8 Å². The largest absolute Gasteiger partial charge is 0.433 e. The minimum Gasteiger partial charge on any atom is -0.352 e. The topological polar surface area (TPSA) is 88.5 Å². The lowest BCUT2D eigenvalue weighted by atomic mass is 10.3. The fraction of sp³-hybridized carbons (Fsp3) is 0.211. The quantitative estimate of drug-likeness (QED) is 0.626. The number of nitrogens with zero attached hydrogens (tertiary/aromatic N) is 5. The Hall–Kier alpha value is -3.56.